The Balaban J connectivity index is 1.61. The van der Waals surface area contributed by atoms with Crippen LogP contribution in [0.5, 0.6) is 11.5 Å². The molecule has 0 aromatic heterocycles. The van der Waals surface area contributed by atoms with E-state index in [-0.39, 0.29) is 35.9 Å². The average molecular weight is 410 g/mol. The van der Waals surface area contributed by atoms with E-state index in [1.165, 1.54) is 38.1 Å². The van der Waals surface area contributed by atoms with Crippen LogP contribution in [0.1, 0.15) is 45.7 Å². The van der Waals surface area contributed by atoms with E-state index in [0.717, 1.165) is 11.1 Å². The maximum absolute atomic E-state index is 13.9. The molecule has 0 spiro atoms. The van der Waals surface area contributed by atoms with Crippen molar-refractivity contribution in [1.82, 2.24) is 0 Å². The first kappa shape index (κ1) is 21.2. The predicted molar refractivity (Wildman–Crippen MR) is 108 cm³/mol. The van der Waals surface area contributed by atoms with E-state index in [9.17, 15) is 18.4 Å². The molecule has 0 bridgehead atoms. The number of ketones is 2. The molecule has 0 heterocycles. The summed E-state index contributed by atoms with van der Waals surface area (Å²) in [7, 11) is 0. The van der Waals surface area contributed by atoms with E-state index in [0.29, 0.717) is 11.5 Å². The summed E-state index contributed by atoms with van der Waals surface area (Å²) >= 11 is 0. The van der Waals surface area contributed by atoms with Gasteiger partial charge in [-0.3, -0.25) is 9.59 Å². The normalized spacial score (nSPS) is 10.5. The van der Waals surface area contributed by atoms with Crippen LogP contribution in [0.4, 0.5) is 8.78 Å². The van der Waals surface area contributed by atoms with Crippen LogP contribution in [0.2, 0.25) is 0 Å². The lowest BCUT2D eigenvalue weighted by molar-refractivity contribution is 0.100. The highest BCUT2D eigenvalue weighted by atomic mass is 19.1. The molecule has 0 fully saturated rings. The fourth-order valence-electron chi connectivity index (χ4n) is 2.88. The molecule has 0 aliphatic carbocycles. The molecule has 3 aromatic carbocycles. The zero-order valence-corrected chi connectivity index (χ0v) is 16.6. The first-order valence-corrected chi connectivity index (χ1v) is 9.28. The van der Waals surface area contributed by atoms with Gasteiger partial charge in [0.25, 0.3) is 0 Å². The summed E-state index contributed by atoms with van der Waals surface area (Å²) in [5, 5.41) is 0. The molecule has 0 aliphatic heterocycles. The summed E-state index contributed by atoms with van der Waals surface area (Å²) in [5.74, 6) is -1.29. The van der Waals surface area contributed by atoms with Gasteiger partial charge in [-0.1, -0.05) is 18.2 Å². The molecule has 0 unspecified atom stereocenters. The lowest BCUT2D eigenvalue weighted by Crippen LogP contribution is -2.02. The van der Waals surface area contributed by atoms with Crippen molar-refractivity contribution >= 4 is 11.6 Å². The Morgan fingerprint density at radius 3 is 1.50 bits per heavy atom. The Bertz CT molecular complexity index is 1010. The minimum absolute atomic E-state index is 0.0225. The number of hydrogen-bond donors (Lipinski definition) is 0. The molecule has 0 N–H and O–H groups in total. The molecular weight excluding hydrogens is 390 g/mol. The molecule has 0 radical (unpaired) electrons. The maximum Gasteiger partial charge on any atom is 0.162 e. The molecule has 0 saturated carbocycles. The highest BCUT2D eigenvalue weighted by Gasteiger charge is 2.10. The van der Waals surface area contributed by atoms with Crippen LogP contribution in [-0.4, -0.2) is 11.6 Å². The van der Waals surface area contributed by atoms with Gasteiger partial charge < -0.3 is 9.47 Å². The molecule has 0 aliphatic rings. The molecular formula is C24H20F2O4. The number of carbonyl (C=O) groups excluding carboxylic acids is 2. The fourth-order valence-corrected chi connectivity index (χ4v) is 2.88. The summed E-state index contributed by atoms with van der Waals surface area (Å²) < 4.78 is 39.0. The number of Topliss-reactive ketones (excluding diaryl/α,β-unsaturated/α-hetero) is 2. The van der Waals surface area contributed by atoms with Gasteiger partial charge in [-0.25, -0.2) is 8.78 Å². The summed E-state index contributed by atoms with van der Waals surface area (Å²) in [6, 6.07) is 15.7. The van der Waals surface area contributed by atoms with Crippen molar-refractivity contribution < 1.29 is 27.8 Å². The molecule has 3 rings (SSSR count). The Hall–Kier alpha value is -3.54. The minimum atomic E-state index is -0.620. The van der Waals surface area contributed by atoms with Crippen LogP contribution in [0, 0.1) is 11.6 Å². The monoisotopic (exact) mass is 410 g/mol. The second-order valence-electron chi connectivity index (χ2n) is 6.79. The summed E-state index contributed by atoms with van der Waals surface area (Å²) in [6.07, 6.45) is 0. The Morgan fingerprint density at radius 1 is 0.700 bits per heavy atom. The van der Waals surface area contributed by atoms with Crippen molar-refractivity contribution in [3.63, 3.8) is 0 Å². The largest absolute Gasteiger partial charge is 0.489 e. The van der Waals surface area contributed by atoms with Gasteiger partial charge in [-0.05, 0) is 55.3 Å². The number of hydrogen-bond acceptors (Lipinski definition) is 4. The van der Waals surface area contributed by atoms with E-state index in [1.807, 2.05) is 24.3 Å². The van der Waals surface area contributed by atoms with Gasteiger partial charge in [0.1, 0.15) is 36.3 Å². The number of rotatable bonds is 8. The Kier molecular flexibility index (Phi) is 6.57. The lowest BCUT2D eigenvalue weighted by Gasteiger charge is -2.10. The molecule has 6 heteroatoms. The van der Waals surface area contributed by atoms with E-state index < -0.39 is 11.6 Å². The van der Waals surface area contributed by atoms with Gasteiger partial charge in [-0.15, -0.1) is 0 Å². The molecule has 30 heavy (non-hydrogen) atoms. The van der Waals surface area contributed by atoms with Crippen molar-refractivity contribution in [3.05, 3.63) is 94.6 Å². The smallest absolute Gasteiger partial charge is 0.162 e. The number of carbonyl (C=O) groups is 2. The Morgan fingerprint density at radius 2 is 1.13 bits per heavy atom. The van der Waals surface area contributed by atoms with Crippen molar-refractivity contribution in [2.75, 3.05) is 0 Å². The Labute approximate surface area is 173 Å². The van der Waals surface area contributed by atoms with Crippen LogP contribution in [0.15, 0.2) is 60.7 Å². The zero-order valence-electron chi connectivity index (χ0n) is 16.6. The van der Waals surface area contributed by atoms with E-state index >= 15 is 0 Å². The van der Waals surface area contributed by atoms with E-state index in [4.69, 9.17) is 9.47 Å². The van der Waals surface area contributed by atoms with E-state index in [1.54, 1.807) is 12.1 Å². The summed E-state index contributed by atoms with van der Waals surface area (Å²) in [4.78, 5) is 22.6. The third-order valence-electron chi connectivity index (χ3n) is 4.44. The highest BCUT2D eigenvalue weighted by Crippen LogP contribution is 2.20. The van der Waals surface area contributed by atoms with Gasteiger partial charge >= 0.3 is 0 Å². The van der Waals surface area contributed by atoms with Crippen LogP contribution in [-0.2, 0) is 13.2 Å². The highest BCUT2D eigenvalue weighted by molar-refractivity contribution is 5.94. The number of ether oxygens (including phenoxy) is 2. The first-order valence-electron chi connectivity index (χ1n) is 9.28. The first-order chi connectivity index (χ1) is 14.3. The van der Waals surface area contributed by atoms with Gasteiger partial charge in [0, 0.05) is 12.1 Å². The van der Waals surface area contributed by atoms with Gasteiger partial charge in [0.15, 0.2) is 11.6 Å². The standard InChI is InChI=1S/C24H20F2O4/c1-15(27)21-8-6-19(11-23(21)25)29-13-17-4-3-5-18(10-17)14-30-20-7-9-22(16(2)28)24(26)12-20/h3-12H,13-14H2,1-2H3. The number of benzene rings is 3. The van der Waals surface area contributed by atoms with Crippen LogP contribution >= 0.6 is 0 Å². The number of halogens is 2. The minimum Gasteiger partial charge on any atom is -0.489 e. The fraction of sp³-hybridized carbons (Fsp3) is 0.167. The molecule has 3 aromatic rings. The molecule has 4 nitrogen and oxygen atoms in total. The van der Waals surface area contributed by atoms with E-state index in [2.05, 4.69) is 0 Å². The predicted octanol–water partition coefficient (Wildman–Crippen LogP) is 5.53. The van der Waals surface area contributed by atoms with Crippen molar-refractivity contribution in [1.29, 1.82) is 0 Å². The summed E-state index contributed by atoms with van der Waals surface area (Å²) in [5.41, 5.74) is 1.72. The zero-order chi connectivity index (χ0) is 21.7. The maximum atomic E-state index is 13.9. The van der Waals surface area contributed by atoms with Crippen LogP contribution in [0.25, 0.3) is 0 Å². The van der Waals surface area contributed by atoms with Crippen molar-refractivity contribution in [3.8, 4) is 11.5 Å². The van der Waals surface area contributed by atoms with Gasteiger partial charge in [0.2, 0.25) is 0 Å². The van der Waals surface area contributed by atoms with Gasteiger partial charge in [-0.2, -0.15) is 0 Å². The molecule has 0 atom stereocenters. The SMILES string of the molecule is CC(=O)c1ccc(OCc2cccc(COc3ccc(C(C)=O)c(F)c3)c2)cc1F. The van der Waals surface area contributed by atoms with Gasteiger partial charge in [0.05, 0.1) is 11.1 Å². The van der Waals surface area contributed by atoms with Crippen LogP contribution < -0.4 is 9.47 Å². The molecule has 154 valence electrons. The second-order valence-corrected chi connectivity index (χ2v) is 6.79. The topological polar surface area (TPSA) is 52.6 Å². The van der Waals surface area contributed by atoms with Crippen LogP contribution in [0.3, 0.4) is 0 Å². The van der Waals surface area contributed by atoms with Crippen molar-refractivity contribution in [2.45, 2.75) is 27.1 Å². The van der Waals surface area contributed by atoms with Crippen molar-refractivity contribution in [2.24, 2.45) is 0 Å². The summed E-state index contributed by atoms with van der Waals surface area (Å²) in [6.45, 7) is 3.01. The lowest BCUT2D eigenvalue weighted by atomic mass is 10.1. The average Bonchev–Trinajstić information content (AvgIpc) is 2.70. The second kappa shape index (κ2) is 9.31. The quantitative estimate of drug-likeness (QED) is 0.459. The third-order valence-corrected chi connectivity index (χ3v) is 4.44. The molecule has 0 amide bonds. The molecule has 0 saturated heterocycles. The third kappa shape index (κ3) is 5.29.